The second-order valence-corrected chi connectivity index (χ2v) is 4.96. The number of aryl methyl sites for hydroxylation is 1. The first-order chi connectivity index (χ1) is 8.31. The van der Waals surface area contributed by atoms with Gasteiger partial charge in [-0.1, -0.05) is 26.2 Å². The molecule has 1 aromatic rings. The summed E-state index contributed by atoms with van der Waals surface area (Å²) < 4.78 is 0. The number of hydrogen-bond acceptors (Lipinski definition) is 2. The van der Waals surface area contributed by atoms with Crippen molar-refractivity contribution in [1.29, 1.82) is 0 Å². The smallest absolute Gasteiger partial charge is 0.116 e. The molecule has 0 spiro atoms. The van der Waals surface area contributed by atoms with Crippen LogP contribution in [0.3, 0.4) is 0 Å². The molecule has 0 aromatic heterocycles. The van der Waals surface area contributed by atoms with Gasteiger partial charge in [0.05, 0.1) is 0 Å². The van der Waals surface area contributed by atoms with Gasteiger partial charge < -0.3 is 10.0 Å². The number of phenolic OH excluding ortho intramolecular Hbond substituents is 1. The highest BCUT2D eigenvalue weighted by molar-refractivity contribution is 5.57. The molecule has 0 unspecified atom stereocenters. The number of anilines is 1. The summed E-state index contributed by atoms with van der Waals surface area (Å²) >= 11 is 0. The minimum atomic E-state index is 0.400. The molecule has 0 radical (unpaired) electrons. The van der Waals surface area contributed by atoms with Gasteiger partial charge in [0.2, 0.25) is 0 Å². The van der Waals surface area contributed by atoms with Gasteiger partial charge in [-0.25, -0.2) is 0 Å². The third-order valence-corrected chi connectivity index (χ3v) is 3.56. The molecule has 1 N–H and O–H groups in total. The van der Waals surface area contributed by atoms with Crippen LogP contribution in [-0.2, 0) is 6.42 Å². The van der Waals surface area contributed by atoms with Gasteiger partial charge in [-0.2, -0.15) is 0 Å². The van der Waals surface area contributed by atoms with Crippen LogP contribution in [0.1, 0.15) is 44.6 Å². The summed E-state index contributed by atoms with van der Waals surface area (Å²) in [7, 11) is 0. The lowest BCUT2D eigenvalue weighted by Gasteiger charge is -2.31. The predicted octanol–water partition coefficient (Wildman–Crippen LogP) is 3.73. The molecule has 2 rings (SSSR count). The Labute approximate surface area is 104 Å². The molecule has 0 atom stereocenters. The Morgan fingerprint density at radius 1 is 1.24 bits per heavy atom. The van der Waals surface area contributed by atoms with Gasteiger partial charge in [-0.05, 0) is 43.0 Å². The minimum absolute atomic E-state index is 0.400. The van der Waals surface area contributed by atoms with Crippen molar-refractivity contribution in [2.75, 3.05) is 18.0 Å². The van der Waals surface area contributed by atoms with Crippen molar-refractivity contribution >= 4 is 5.69 Å². The minimum Gasteiger partial charge on any atom is -0.508 e. The topological polar surface area (TPSA) is 23.5 Å². The van der Waals surface area contributed by atoms with E-state index in [1.54, 1.807) is 0 Å². The van der Waals surface area contributed by atoms with Crippen LogP contribution in [0, 0.1) is 0 Å². The van der Waals surface area contributed by atoms with E-state index in [2.05, 4.69) is 17.9 Å². The quantitative estimate of drug-likeness (QED) is 0.783. The van der Waals surface area contributed by atoms with Crippen molar-refractivity contribution in [3.8, 4) is 5.75 Å². The fourth-order valence-corrected chi connectivity index (χ4v) is 2.62. The Balaban J connectivity index is 1.97. The molecule has 2 nitrogen and oxygen atoms in total. The van der Waals surface area contributed by atoms with E-state index in [0.29, 0.717) is 5.75 Å². The summed E-state index contributed by atoms with van der Waals surface area (Å²) in [4.78, 5) is 2.48. The number of nitrogens with zero attached hydrogens (tertiary/aromatic N) is 1. The number of rotatable bonds is 5. The SMILES string of the molecule is CCCCCCN1CCCc2cc(O)ccc21. The normalized spacial score (nSPS) is 14.8. The second-order valence-electron chi connectivity index (χ2n) is 4.96. The van der Waals surface area contributed by atoms with Gasteiger partial charge >= 0.3 is 0 Å². The number of fused-ring (bicyclic) bond motifs is 1. The van der Waals surface area contributed by atoms with Crippen LogP contribution in [0.5, 0.6) is 5.75 Å². The Morgan fingerprint density at radius 3 is 2.94 bits per heavy atom. The zero-order valence-corrected chi connectivity index (χ0v) is 10.8. The highest BCUT2D eigenvalue weighted by Gasteiger charge is 2.16. The van der Waals surface area contributed by atoms with Crippen molar-refractivity contribution in [3.63, 3.8) is 0 Å². The third kappa shape index (κ3) is 3.15. The Kier molecular flexibility index (Phi) is 4.29. The summed E-state index contributed by atoms with van der Waals surface area (Å²) in [6.07, 6.45) is 7.58. The lowest BCUT2D eigenvalue weighted by molar-refractivity contribution is 0.474. The zero-order valence-electron chi connectivity index (χ0n) is 10.8. The lowest BCUT2D eigenvalue weighted by atomic mass is 10.0. The van der Waals surface area contributed by atoms with Crippen LogP contribution in [0.4, 0.5) is 5.69 Å². The first-order valence-corrected chi connectivity index (χ1v) is 6.88. The maximum absolute atomic E-state index is 9.50. The molecule has 1 aromatic carbocycles. The van der Waals surface area contributed by atoms with Crippen molar-refractivity contribution in [2.45, 2.75) is 45.4 Å². The number of hydrogen-bond donors (Lipinski definition) is 1. The van der Waals surface area contributed by atoms with E-state index in [4.69, 9.17) is 0 Å². The van der Waals surface area contributed by atoms with Crippen LogP contribution in [0.2, 0.25) is 0 Å². The van der Waals surface area contributed by atoms with E-state index in [0.717, 1.165) is 13.0 Å². The van der Waals surface area contributed by atoms with E-state index >= 15 is 0 Å². The van der Waals surface area contributed by atoms with Crippen molar-refractivity contribution in [3.05, 3.63) is 23.8 Å². The fraction of sp³-hybridized carbons (Fsp3) is 0.600. The second kappa shape index (κ2) is 5.95. The van der Waals surface area contributed by atoms with Gasteiger partial charge in [0.15, 0.2) is 0 Å². The molecule has 0 fully saturated rings. The molecule has 17 heavy (non-hydrogen) atoms. The predicted molar refractivity (Wildman–Crippen MR) is 72.8 cm³/mol. The zero-order chi connectivity index (χ0) is 12.1. The molecule has 94 valence electrons. The molecule has 1 heterocycles. The summed E-state index contributed by atoms with van der Waals surface area (Å²) in [6.45, 7) is 4.58. The van der Waals surface area contributed by atoms with Crippen LogP contribution >= 0.6 is 0 Å². The van der Waals surface area contributed by atoms with E-state index < -0.39 is 0 Å². The third-order valence-electron chi connectivity index (χ3n) is 3.56. The number of aromatic hydroxyl groups is 1. The summed E-state index contributed by atoms with van der Waals surface area (Å²) in [6, 6.07) is 5.81. The fourth-order valence-electron chi connectivity index (χ4n) is 2.62. The van der Waals surface area contributed by atoms with Gasteiger partial charge in [0, 0.05) is 18.8 Å². The van der Waals surface area contributed by atoms with Crippen LogP contribution in [0.15, 0.2) is 18.2 Å². The van der Waals surface area contributed by atoms with Crippen molar-refractivity contribution in [1.82, 2.24) is 0 Å². The van der Waals surface area contributed by atoms with E-state index in [-0.39, 0.29) is 0 Å². The van der Waals surface area contributed by atoms with Gasteiger partial charge in [0.1, 0.15) is 5.75 Å². The average Bonchev–Trinajstić information content (AvgIpc) is 2.34. The van der Waals surface area contributed by atoms with Crippen molar-refractivity contribution < 1.29 is 5.11 Å². The molecule has 0 amide bonds. The molecule has 1 aliphatic rings. The van der Waals surface area contributed by atoms with Crippen LogP contribution in [-0.4, -0.2) is 18.2 Å². The molecule has 0 saturated heterocycles. The highest BCUT2D eigenvalue weighted by atomic mass is 16.3. The number of benzene rings is 1. The number of unbranched alkanes of at least 4 members (excludes halogenated alkanes) is 3. The first-order valence-electron chi connectivity index (χ1n) is 6.88. The summed E-state index contributed by atoms with van der Waals surface area (Å²) in [5.74, 6) is 0.400. The average molecular weight is 233 g/mol. The molecule has 1 aliphatic heterocycles. The summed E-state index contributed by atoms with van der Waals surface area (Å²) in [5.41, 5.74) is 2.65. The number of phenols is 1. The maximum Gasteiger partial charge on any atom is 0.116 e. The van der Waals surface area contributed by atoms with Crippen LogP contribution < -0.4 is 4.90 Å². The molecule has 0 saturated carbocycles. The molecule has 2 heteroatoms. The van der Waals surface area contributed by atoms with Crippen molar-refractivity contribution in [2.24, 2.45) is 0 Å². The Hall–Kier alpha value is -1.18. The van der Waals surface area contributed by atoms with Gasteiger partial charge in [-0.15, -0.1) is 0 Å². The lowest BCUT2D eigenvalue weighted by Crippen LogP contribution is -2.30. The van der Waals surface area contributed by atoms with Gasteiger partial charge in [-0.3, -0.25) is 0 Å². The standard InChI is InChI=1S/C15H23NO/c1-2-3-4-5-10-16-11-6-7-13-12-14(17)8-9-15(13)16/h8-9,12,17H,2-7,10-11H2,1H3. The maximum atomic E-state index is 9.50. The van der Waals surface area contributed by atoms with Crippen LogP contribution in [0.25, 0.3) is 0 Å². The molecular formula is C15H23NO. The summed E-state index contributed by atoms with van der Waals surface area (Å²) in [5, 5.41) is 9.50. The monoisotopic (exact) mass is 233 g/mol. The molecular weight excluding hydrogens is 210 g/mol. The highest BCUT2D eigenvalue weighted by Crippen LogP contribution is 2.30. The largest absolute Gasteiger partial charge is 0.508 e. The molecule has 0 aliphatic carbocycles. The Bertz CT molecular complexity index is 362. The van der Waals surface area contributed by atoms with E-state index in [9.17, 15) is 5.11 Å². The first kappa shape index (κ1) is 12.3. The van der Waals surface area contributed by atoms with E-state index in [1.807, 2.05) is 12.1 Å². The van der Waals surface area contributed by atoms with Gasteiger partial charge in [0.25, 0.3) is 0 Å². The Morgan fingerprint density at radius 2 is 2.12 bits per heavy atom. The molecule has 0 bridgehead atoms. The van der Waals surface area contributed by atoms with E-state index in [1.165, 1.54) is 49.9 Å².